The highest BCUT2D eigenvalue weighted by Gasteiger charge is 2.36. The number of carbonyl (C=O) groups excluding carboxylic acids is 1. The Morgan fingerprint density at radius 2 is 2.07 bits per heavy atom. The smallest absolute Gasteiger partial charge is 0.410 e. The van der Waals surface area contributed by atoms with Gasteiger partial charge < -0.3 is 19.9 Å². The molecule has 8 nitrogen and oxygen atoms in total. The molecule has 0 aliphatic carbocycles. The Balaban J connectivity index is 1.36. The van der Waals surface area contributed by atoms with Crippen molar-refractivity contribution in [1.29, 1.82) is 0 Å². The number of aliphatic imine (C=N–C) groups is 1. The first-order valence-corrected chi connectivity index (χ1v) is 10.0. The molecule has 1 amide bonds. The Kier molecular flexibility index (Phi) is 5.17. The molecule has 0 radical (unpaired) electrons. The summed E-state index contributed by atoms with van der Waals surface area (Å²) in [7, 11) is 0. The van der Waals surface area contributed by atoms with Gasteiger partial charge in [-0.05, 0) is 38.5 Å². The maximum atomic E-state index is 12.4. The number of para-hydroxylation sites is 1. The maximum Gasteiger partial charge on any atom is 0.410 e. The molecule has 154 valence electrons. The standard InChI is InChI=1S/C21H28N6O2/c1-21(2,3)29-20(28)25-11-12-26-17(15-25)14-23-19(26)22-13-16-7-4-5-8-18(16)27-10-6-9-24-27/h4-10,17H,11-15H2,1-3H3,(H,22,23). The van der Waals surface area contributed by atoms with E-state index in [1.54, 1.807) is 11.1 Å². The van der Waals surface area contributed by atoms with Crippen LogP contribution in [-0.4, -0.2) is 69.5 Å². The van der Waals surface area contributed by atoms with E-state index in [-0.39, 0.29) is 12.1 Å². The zero-order valence-corrected chi connectivity index (χ0v) is 17.2. The van der Waals surface area contributed by atoms with Crippen molar-refractivity contribution in [3.8, 4) is 5.69 Å². The maximum absolute atomic E-state index is 12.4. The monoisotopic (exact) mass is 396 g/mol. The molecule has 2 aliphatic heterocycles. The van der Waals surface area contributed by atoms with E-state index in [0.717, 1.165) is 23.8 Å². The summed E-state index contributed by atoms with van der Waals surface area (Å²) in [6.45, 7) is 9.03. The predicted octanol–water partition coefficient (Wildman–Crippen LogP) is 2.25. The highest BCUT2D eigenvalue weighted by Crippen LogP contribution is 2.19. The van der Waals surface area contributed by atoms with Gasteiger partial charge in [-0.2, -0.15) is 5.10 Å². The first-order valence-electron chi connectivity index (χ1n) is 10.0. The summed E-state index contributed by atoms with van der Waals surface area (Å²) in [5, 5.41) is 7.82. The average Bonchev–Trinajstić information content (AvgIpc) is 3.35. The van der Waals surface area contributed by atoms with Crippen LogP contribution in [0, 0.1) is 0 Å². The SMILES string of the molecule is CC(C)(C)OC(=O)N1CCN2C(NCc3ccccc3-n3cccn3)=NCC2C1. The summed E-state index contributed by atoms with van der Waals surface area (Å²) in [6.07, 6.45) is 3.48. The second-order valence-corrected chi connectivity index (χ2v) is 8.37. The minimum absolute atomic E-state index is 0.195. The van der Waals surface area contributed by atoms with Gasteiger partial charge >= 0.3 is 6.09 Å². The Morgan fingerprint density at radius 1 is 1.24 bits per heavy atom. The van der Waals surface area contributed by atoms with Crippen LogP contribution in [0.1, 0.15) is 26.3 Å². The number of guanidine groups is 1. The Bertz CT molecular complexity index is 887. The molecule has 0 saturated carbocycles. The van der Waals surface area contributed by atoms with Crippen molar-refractivity contribution < 1.29 is 9.53 Å². The lowest BCUT2D eigenvalue weighted by Crippen LogP contribution is -2.57. The number of nitrogens with zero attached hydrogens (tertiary/aromatic N) is 5. The van der Waals surface area contributed by atoms with Gasteiger partial charge in [0, 0.05) is 38.6 Å². The van der Waals surface area contributed by atoms with E-state index >= 15 is 0 Å². The van der Waals surface area contributed by atoms with Crippen molar-refractivity contribution in [2.45, 2.75) is 39.0 Å². The summed E-state index contributed by atoms with van der Waals surface area (Å²) in [5.74, 6) is 0.897. The molecule has 1 N–H and O–H groups in total. The highest BCUT2D eigenvalue weighted by atomic mass is 16.6. The molecule has 1 aromatic carbocycles. The molecule has 2 aromatic rings. The number of aromatic nitrogens is 2. The zero-order chi connectivity index (χ0) is 20.4. The summed E-state index contributed by atoms with van der Waals surface area (Å²) in [5.41, 5.74) is 1.72. The van der Waals surface area contributed by atoms with E-state index in [4.69, 9.17) is 4.74 Å². The fraction of sp³-hybridized carbons (Fsp3) is 0.476. The number of amides is 1. The molecule has 4 rings (SSSR count). The van der Waals surface area contributed by atoms with Gasteiger partial charge in [-0.15, -0.1) is 0 Å². The van der Waals surface area contributed by atoms with E-state index in [0.29, 0.717) is 26.2 Å². The molecule has 8 heteroatoms. The number of rotatable bonds is 3. The number of nitrogens with one attached hydrogen (secondary N) is 1. The molecule has 3 heterocycles. The molecular formula is C21H28N6O2. The predicted molar refractivity (Wildman–Crippen MR) is 111 cm³/mol. The van der Waals surface area contributed by atoms with Crippen molar-refractivity contribution in [3.63, 3.8) is 0 Å². The van der Waals surface area contributed by atoms with Gasteiger partial charge in [0.05, 0.1) is 18.3 Å². The van der Waals surface area contributed by atoms with Crippen molar-refractivity contribution in [2.24, 2.45) is 4.99 Å². The largest absolute Gasteiger partial charge is 0.444 e. The number of fused-ring (bicyclic) bond motifs is 1. The van der Waals surface area contributed by atoms with Crippen LogP contribution < -0.4 is 5.32 Å². The van der Waals surface area contributed by atoms with Gasteiger partial charge in [-0.1, -0.05) is 18.2 Å². The summed E-state index contributed by atoms with van der Waals surface area (Å²) >= 11 is 0. The van der Waals surface area contributed by atoms with Crippen LogP contribution in [-0.2, 0) is 11.3 Å². The average molecular weight is 396 g/mol. The molecule has 1 aromatic heterocycles. The molecule has 29 heavy (non-hydrogen) atoms. The second-order valence-electron chi connectivity index (χ2n) is 8.37. The van der Waals surface area contributed by atoms with Gasteiger partial charge in [0.15, 0.2) is 5.96 Å². The van der Waals surface area contributed by atoms with Crippen LogP contribution in [0.4, 0.5) is 4.79 Å². The van der Waals surface area contributed by atoms with Crippen molar-refractivity contribution in [1.82, 2.24) is 24.9 Å². The molecule has 1 unspecified atom stereocenters. The van der Waals surface area contributed by atoms with E-state index in [9.17, 15) is 4.79 Å². The molecule has 1 saturated heterocycles. The van der Waals surface area contributed by atoms with Crippen LogP contribution in [0.15, 0.2) is 47.7 Å². The van der Waals surface area contributed by atoms with E-state index < -0.39 is 5.60 Å². The van der Waals surface area contributed by atoms with Crippen LogP contribution in [0.3, 0.4) is 0 Å². The van der Waals surface area contributed by atoms with E-state index in [1.807, 2.05) is 49.8 Å². The second kappa shape index (κ2) is 7.77. The van der Waals surface area contributed by atoms with Gasteiger partial charge in [0.1, 0.15) is 5.60 Å². The van der Waals surface area contributed by atoms with E-state index in [2.05, 4.69) is 32.4 Å². The number of hydrogen-bond acceptors (Lipinski definition) is 6. The van der Waals surface area contributed by atoms with Crippen molar-refractivity contribution >= 4 is 12.1 Å². The van der Waals surface area contributed by atoms with Gasteiger partial charge in [0.2, 0.25) is 0 Å². The van der Waals surface area contributed by atoms with Gasteiger partial charge in [-0.3, -0.25) is 4.99 Å². The lowest BCUT2D eigenvalue weighted by atomic mass is 10.1. The first-order chi connectivity index (χ1) is 13.9. The number of piperazine rings is 1. The molecule has 2 aliphatic rings. The number of carbonyl (C=O) groups is 1. The van der Waals surface area contributed by atoms with Crippen LogP contribution in [0.2, 0.25) is 0 Å². The van der Waals surface area contributed by atoms with Crippen molar-refractivity contribution in [3.05, 3.63) is 48.3 Å². The fourth-order valence-electron chi connectivity index (χ4n) is 3.69. The van der Waals surface area contributed by atoms with Gasteiger partial charge in [0.25, 0.3) is 0 Å². The third-order valence-electron chi connectivity index (χ3n) is 5.04. The van der Waals surface area contributed by atoms with Gasteiger partial charge in [-0.25, -0.2) is 9.48 Å². The minimum atomic E-state index is -0.477. The Morgan fingerprint density at radius 3 is 2.83 bits per heavy atom. The normalized spacial score (nSPS) is 19.0. The molecule has 1 fully saturated rings. The lowest BCUT2D eigenvalue weighted by molar-refractivity contribution is 0.0137. The van der Waals surface area contributed by atoms with Crippen LogP contribution in [0.25, 0.3) is 5.69 Å². The number of benzene rings is 1. The molecule has 0 spiro atoms. The first kappa shape index (κ1) is 19.3. The molecule has 1 atom stereocenters. The Labute approximate surface area is 171 Å². The van der Waals surface area contributed by atoms with E-state index in [1.165, 1.54) is 0 Å². The summed E-state index contributed by atoms with van der Waals surface area (Å²) < 4.78 is 7.38. The zero-order valence-electron chi connectivity index (χ0n) is 17.2. The Hall–Kier alpha value is -3.03. The summed E-state index contributed by atoms with van der Waals surface area (Å²) in [6, 6.07) is 10.3. The fourth-order valence-corrected chi connectivity index (χ4v) is 3.69. The number of hydrogen-bond donors (Lipinski definition) is 1. The molecule has 0 bridgehead atoms. The molecular weight excluding hydrogens is 368 g/mol. The third kappa shape index (κ3) is 4.36. The minimum Gasteiger partial charge on any atom is -0.444 e. The topological polar surface area (TPSA) is 75.0 Å². The highest BCUT2D eigenvalue weighted by molar-refractivity contribution is 5.82. The van der Waals surface area contributed by atoms with Crippen molar-refractivity contribution in [2.75, 3.05) is 26.2 Å². The van der Waals surface area contributed by atoms with Crippen LogP contribution >= 0.6 is 0 Å². The van der Waals surface area contributed by atoms with Crippen LogP contribution in [0.5, 0.6) is 0 Å². The lowest BCUT2D eigenvalue weighted by Gasteiger charge is -2.39. The number of ether oxygens (including phenoxy) is 1. The summed E-state index contributed by atoms with van der Waals surface area (Å²) in [4.78, 5) is 21.1. The quantitative estimate of drug-likeness (QED) is 0.861. The third-order valence-corrected chi connectivity index (χ3v) is 5.04.